The molecule has 5 heteroatoms. The first-order chi connectivity index (χ1) is 13.1. The summed E-state index contributed by atoms with van der Waals surface area (Å²) >= 11 is 0. The van der Waals surface area contributed by atoms with Crippen LogP contribution in [0, 0.1) is 5.92 Å². The van der Waals surface area contributed by atoms with Crippen LogP contribution in [0.2, 0.25) is 0 Å². The van der Waals surface area contributed by atoms with Gasteiger partial charge in [0, 0.05) is 50.3 Å². The quantitative estimate of drug-likeness (QED) is 0.742. The Balaban J connectivity index is 1.20. The van der Waals surface area contributed by atoms with E-state index in [2.05, 4.69) is 15.9 Å². The van der Waals surface area contributed by atoms with Gasteiger partial charge in [-0.15, -0.1) is 0 Å². The molecule has 1 aromatic rings. The topological polar surface area (TPSA) is 42.0 Å². The van der Waals surface area contributed by atoms with Gasteiger partial charge in [-0.3, -0.25) is 9.69 Å². The molecule has 1 spiro atoms. The Morgan fingerprint density at radius 1 is 1.11 bits per heavy atom. The van der Waals surface area contributed by atoms with E-state index >= 15 is 0 Å². The molecule has 148 valence electrons. The number of Topliss-reactive ketones (excluding diaryl/α,β-unsaturated/α-hetero) is 1. The molecule has 5 nitrogen and oxygen atoms in total. The smallest absolute Gasteiger partial charge is 0.168 e. The molecule has 2 saturated heterocycles. The highest BCUT2D eigenvalue weighted by atomic mass is 16.7. The number of benzene rings is 1. The molecular weight excluding hydrogens is 340 g/mol. The molecule has 2 aliphatic heterocycles. The fourth-order valence-electron chi connectivity index (χ4n) is 4.71. The summed E-state index contributed by atoms with van der Waals surface area (Å²) in [6.45, 7) is 8.65. The van der Waals surface area contributed by atoms with Gasteiger partial charge in [0.2, 0.25) is 0 Å². The average Bonchev–Trinajstić information content (AvgIpc) is 3.16. The lowest BCUT2D eigenvalue weighted by atomic mass is 9.83. The fourth-order valence-corrected chi connectivity index (χ4v) is 4.71. The van der Waals surface area contributed by atoms with E-state index in [1.165, 1.54) is 31.5 Å². The highest BCUT2D eigenvalue weighted by molar-refractivity contribution is 5.94. The van der Waals surface area contributed by atoms with Crippen molar-refractivity contribution in [1.29, 1.82) is 0 Å². The molecule has 0 atom stereocenters. The summed E-state index contributed by atoms with van der Waals surface area (Å²) in [5, 5.41) is 0. The van der Waals surface area contributed by atoms with Crippen molar-refractivity contribution in [1.82, 2.24) is 4.90 Å². The molecule has 1 saturated carbocycles. The van der Waals surface area contributed by atoms with Crippen LogP contribution in [0.15, 0.2) is 24.3 Å². The van der Waals surface area contributed by atoms with Crippen molar-refractivity contribution in [2.45, 2.75) is 44.8 Å². The first kappa shape index (κ1) is 18.9. The third-order valence-electron chi connectivity index (χ3n) is 6.52. The van der Waals surface area contributed by atoms with Crippen molar-refractivity contribution in [2.24, 2.45) is 5.92 Å². The number of hydrogen-bond acceptors (Lipinski definition) is 5. The molecule has 27 heavy (non-hydrogen) atoms. The lowest BCUT2D eigenvalue weighted by Gasteiger charge is -2.38. The minimum Gasteiger partial charge on any atom is -0.369 e. The van der Waals surface area contributed by atoms with Gasteiger partial charge in [-0.25, -0.2) is 0 Å². The van der Waals surface area contributed by atoms with E-state index in [9.17, 15) is 4.79 Å². The van der Waals surface area contributed by atoms with E-state index in [-0.39, 0.29) is 11.6 Å². The number of anilines is 1. The molecule has 3 fully saturated rings. The van der Waals surface area contributed by atoms with Crippen LogP contribution in [0.1, 0.15) is 49.4 Å². The van der Waals surface area contributed by atoms with E-state index in [0.717, 1.165) is 63.7 Å². The van der Waals surface area contributed by atoms with Gasteiger partial charge in [0.05, 0.1) is 13.2 Å². The van der Waals surface area contributed by atoms with Crippen LogP contribution in [0.4, 0.5) is 5.69 Å². The van der Waals surface area contributed by atoms with Gasteiger partial charge < -0.3 is 14.4 Å². The molecule has 1 aliphatic carbocycles. The molecule has 0 unspecified atom stereocenters. The molecular formula is C22H32N2O3. The lowest BCUT2D eigenvalue weighted by molar-refractivity contribution is -0.182. The van der Waals surface area contributed by atoms with Crippen LogP contribution >= 0.6 is 0 Å². The maximum atomic E-state index is 11.6. The predicted molar refractivity (Wildman–Crippen MR) is 106 cm³/mol. The summed E-state index contributed by atoms with van der Waals surface area (Å²) in [4.78, 5) is 16.6. The molecule has 4 rings (SSSR count). The molecule has 3 aliphatic rings. The van der Waals surface area contributed by atoms with Gasteiger partial charge in [0.1, 0.15) is 0 Å². The van der Waals surface area contributed by atoms with E-state index in [1.54, 1.807) is 6.92 Å². The average molecular weight is 373 g/mol. The summed E-state index contributed by atoms with van der Waals surface area (Å²) in [5.74, 6) is 0.725. The Bertz CT molecular complexity index is 639. The second kappa shape index (κ2) is 8.29. The molecule has 1 aromatic carbocycles. The minimum atomic E-state index is -0.226. The largest absolute Gasteiger partial charge is 0.369 e. The third kappa shape index (κ3) is 4.53. The minimum absolute atomic E-state index is 0.137. The maximum absolute atomic E-state index is 11.6. The zero-order chi connectivity index (χ0) is 18.7. The summed E-state index contributed by atoms with van der Waals surface area (Å²) in [6.07, 6.45) is 5.89. The van der Waals surface area contributed by atoms with Crippen molar-refractivity contribution in [3.05, 3.63) is 29.8 Å². The number of carbonyl (C=O) groups is 1. The van der Waals surface area contributed by atoms with Crippen LogP contribution in [-0.4, -0.2) is 62.4 Å². The van der Waals surface area contributed by atoms with Crippen molar-refractivity contribution >= 4 is 11.5 Å². The Labute approximate surface area is 162 Å². The van der Waals surface area contributed by atoms with Gasteiger partial charge in [-0.05, 0) is 50.8 Å². The SMILES string of the molecule is CC(=O)c1cccc(N2CCN(CCC3CCC4(CC3)OCCO4)CC2)c1. The van der Waals surface area contributed by atoms with E-state index < -0.39 is 0 Å². The van der Waals surface area contributed by atoms with Gasteiger partial charge in [-0.1, -0.05) is 12.1 Å². The third-order valence-corrected chi connectivity index (χ3v) is 6.52. The molecule has 0 N–H and O–H groups in total. The number of nitrogens with zero attached hydrogens (tertiary/aromatic N) is 2. The van der Waals surface area contributed by atoms with E-state index in [4.69, 9.17) is 9.47 Å². The number of hydrogen-bond donors (Lipinski definition) is 0. The highest BCUT2D eigenvalue weighted by Gasteiger charge is 2.40. The van der Waals surface area contributed by atoms with Crippen LogP contribution in [-0.2, 0) is 9.47 Å². The highest BCUT2D eigenvalue weighted by Crippen LogP contribution is 2.39. The van der Waals surface area contributed by atoms with Gasteiger partial charge in [0.15, 0.2) is 11.6 Å². The van der Waals surface area contributed by atoms with Crippen molar-refractivity contribution < 1.29 is 14.3 Å². The second-order valence-corrected chi connectivity index (χ2v) is 8.27. The first-order valence-electron chi connectivity index (χ1n) is 10.5. The van der Waals surface area contributed by atoms with Crippen LogP contribution in [0.25, 0.3) is 0 Å². The second-order valence-electron chi connectivity index (χ2n) is 8.27. The van der Waals surface area contributed by atoms with Crippen molar-refractivity contribution in [2.75, 3.05) is 50.8 Å². The fraction of sp³-hybridized carbons (Fsp3) is 0.682. The number of carbonyl (C=O) groups excluding carboxylic acids is 1. The summed E-state index contributed by atoms with van der Waals surface area (Å²) < 4.78 is 11.7. The number of ether oxygens (including phenoxy) is 2. The van der Waals surface area contributed by atoms with Gasteiger partial charge in [0.25, 0.3) is 0 Å². The molecule has 2 heterocycles. The lowest BCUT2D eigenvalue weighted by Crippen LogP contribution is -2.47. The van der Waals surface area contributed by atoms with Crippen molar-refractivity contribution in [3.8, 4) is 0 Å². The Kier molecular flexibility index (Phi) is 5.81. The van der Waals surface area contributed by atoms with E-state index in [1.807, 2.05) is 18.2 Å². The molecule has 0 aromatic heterocycles. The van der Waals surface area contributed by atoms with E-state index in [0.29, 0.717) is 0 Å². The summed E-state index contributed by atoms with van der Waals surface area (Å²) in [5.41, 5.74) is 1.98. The molecule has 0 amide bonds. The predicted octanol–water partition coefficient (Wildman–Crippen LogP) is 3.33. The summed E-state index contributed by atoms with van der Waals surface area (Å²) in [6, 6.07) is 8.04. The molecule has 0 bridgehead atoms. The Hall–Kier alpha value is -1.43. The maximum Gasteiger partial charge on any atom is 0.168 e. The Morgan fingerprint density at radius 3 is 2.48 bits per heavy atom. The Morgan fingerprint density at radius 2 is 1.81 bits per heavy atom. The number of rotatable bonds is 5. The molecule has 0 radical (unpaired) electrons. The zero-order valence-corrected chi connectivity index (χ0v) is 16.5. The standard InChI is InChI=1S/C22H32N2O3/c1-18(25)20-3-2-4-21(17-20)24-13-11-23(12-14-24)10-7-19-5-8-22(9-6-19)26-15-16-27-22/h2-4,17,19H,5-16H2,1H3. The van der Waals surface area contributed by atoms with Gasteiger partial charge >= 0.3 is 0 Å². The van der Waals surface area contributed by atoms with Crippen LogP contribution < -0.4 is 4.90 Å². The zero-order valence-electron chi connectivity index (χ0n) is 16.5. The summed E-state index contributed by atoms with van der Waals surface area (Å²) in [7, 11) is 0. The number of ketones is 1. The number of piperazine rings is 1. The van der Waals surface area contributed by atoms with Crippen molar-refractivity contribution in [3.63, 3.8) is 0 Å². The van der Waals surface area contributed by atoms with Crippen LogP contribution in [0.5, 0.6) is 0 Å². The normalized spacial score (nSPS) is 23.8. The first-order valence-corrected chi connectivity index (χ1v) is 10.5. The monoisotopic (exact) mass is 372 g/mol. The van der Waals surface area contributed by atoms with Crippen LogP contribution in [0.3, 0.4) is 0 Å². The van der Waals surface area contributed by atoms with Gasteiger partial charge in [-0.2, -0.15) is 0 Å².